The van der Waals surface area contributed by atoms with Gasteiger partial charge >= 0.3 is 0 Å². The van der Waals surface area contributed by atoms with Gasteiger partial charge in [0.1, 0.15) is 11.6 Å². The number of hydrogen-bond donors (Lipinski definition) is 1. The molecular formula is C23H24BrClN4O3S. The van der Waals surface area contributed by atoms with Gasteiger partial charge in [-0.05, 0) is 65.2 Å². The van der Waals surface area contributed by atoms with E-state index in [1.807, 2.05) is 29.7 Å². The minimum absolute atomic E-state index is 0.0351. The van der Waals surface area contributed by atoms with Gasteiger partial charge in [-0.15, -0.1) is 10.2 Å². The Morgan fingerprint density at radius 3 is 2.67 bits per heavy atom. The third kappa shape index (κ3) is 6.59. The number of halogens is 2. The van der Waals surface area contributed by atoms with E-state index < -0.39 is 0 Å². The van der Waals surface area contributed by atoms with Crippen molar-refractivity contribution in [1.82, 2.24) is 20.1 Å². The third-order valence-corrected chi connectivity index (χ3v) is 6.83. The highest BCUT2D eigenvalue weighted by Gasteiger charge is 2.17. The molecule has 0 fully saturated rings. The largest absolute Gasteiger partial charge is 0.496 e. The van der Waals surface area contributed by atoms with Gasteiger partial charge in [0.2, 0.25) is 5.91 Å². The molecule has 0 aliphatic carbocycles. The summed E-state index contributed by atoms with van der Waals surface area (Å²) < 4.78 is 7.87. The Balaban J connectivity index is 1.81. The van der Waals surface area contributed by atoms with Crippen LogP contribution in [-0.2, 0) is 11.2 Å². The van der Waals surface area contributed by atoms with E-state index in [1.54, 1.807) is 25.3 Å². The molecule has 1 heterocycles. The van der Waals surface area contributed by atoms with Crippen LogP contribution >= 0.6 is 39.3 Å². The van der Waals surface area contributed by atoms with E-state index in [9.17, 15) is 9.59 Å². The lowest BCUT2D eigenvalue weighted by Gasteiger charge is -2.12. The number of ketones is 1. The number of aryl methyl sites for hydroxylation is 2. The molecule has 10 heteroatoms. The molecule has 33 heavy (non-hydrogen) atoms. The molecule has 3 rings (SSSR count). The minimum Gasteiger partial charge on any atom is -0.496 e. The SMILES string of the molecule is COc1ccc(C(=O)CSc2nnc(CCCNC(C)=O)n2-c2ccc(C)c(Cl)c2)cc1Br. The predicted octanol–water partition coefficient (Wildman–Crippen LogP) is 5.04. The van der Waals surface area contributed by atoms with E-state index >= 15 is 0 Å². The highest BCUT2D eigenvalue weighted by atomic mass is 79.9. The number of carbonyl (C=O) groups is 2. The molecule has 0 spiro atoms. The number of rotatable bonds is 10. The number of methoxy groups -OCH3 is 1. The number of hydrogen-bond acceptors (Lipinski definition) is 6. The maximum atomic E-state index is 12.8. The number of nitrogens with zero attached hydrogens (tertiary/aromatic N) is 3. The zero-order chi connectivity index (χ0) is 24.0. The van der Waals surface area contributed by atoms with Gasteiger partial charge in [-0.3, -0.25) is 14.2 Å². The molecule has 3 aromatic rings. The molecule has 174 valence electrons. The summed E-state index contributed by atoms with van der Waals surface area (Å²) in [6.07, 6.45) is 1.32. The quantitative estimate of drug-likeness (QED) is 0.216. The second kappa shape index (κ2) is 11.7. The number of benzene rings is 2. The van der Waals surface area contributed by atoms with Gasteiger partial charge in [0.15, 0.2) is 10.9 Å². The van der Waals surface area contributed by atoms with Crippen molar-refractivity contribution in [2.24, 2.45) is 0 Å². The van der Waals surface area contributed by atoms with Gasteiger partial charge in [0, 0.05) is 30.5 Å². The first-order valence-electron chi connectivity index (χ1n) is 10.2. The summed E-state index contributed by atoms with van der Waals surface area (Å²) in [6, 6.07) is 11.0. The molecule has 0 aliphatic rings. The Bertz CT molecular complexity index is 1170. The van der Waals surface area contributed by atoms with Crippen LogP contribution < -0.4 is 10.1 Å². The van der Waals surface area contributed by atoms with Gasteiger partial charge in [-0.1, -0.05) is 29.4 Å². The van der Waals surface area contributed by atoms with Crippen molar-refractivity contribution in [3.8, 4) is 11.4 Å². The molecule has 1 aromatic heterocycles. The number of Topliss-reactive ketones (excluding diaryl/α,β-unsaturated/α-hetero) is 1. The average Bonchev–Trinajstić information content (AvgIpc) is 3.19. The lowest BCUT2D eigenvalue weighted by molar-refractivity contribution is -0.118. The lowest BCUT2D eigenvalue weighted by Crippen LogP contribution is -2.21. The Morgan fingerprint density at radius 1 is 1.21 bits per heavy atom. The van der Waals surface area contributed by atoms with Gasteiger partial charge in [0.05, 0.1) is 23.0 Å². The highest BCUT2D eigenvalue weighted by Crippen LogP contribution is 2.29. The fraction of sp³-hybridized carbons (Fsp3) is 0.304. The second-order valence-corrected chi connectivity index (χ2v) is 9.52. The summed E-state index contributed by atoms with van der Waals surface area (Å²) in [5.74, 6) is 1.50. The van der Waals surface area contributed by atoms with Gasteiger partial charge < -0.3 is 10.1 Å². The molecule has 2 aromatic carbocycles. The topological polar surface area (TPSA) is 86.1 Å². The van der Waals surface area contributed by atoms with E-state index in [0.717, 1.165) is 21.5 Å². The molecule has 7 nitrogen and oxygen atoms in total. The van der Waals surface area contributed by atoms with Crippen LogP contribution in [0, 0.1) is 6.92 Å². The molecular weight excluding hydrogens is 528 g/mol. The van der Waals surface area contributed by atoms with E-state index in [-0.39, 0.29) is 17.4 Å². The molecule has 0 bridgehead atoms. The first-order chi connectivity index (χ1) is 15.8. The number of aromatic nitrogens is 3. The zero-order valence-electron chi connectivity index (χ0n) is 18.5. The maximum absolute atomic E-state index is 12.8. The van der Waals surface area contributed by atoms with Gasteiger partial charge in [-0.25, -0.2) is 0 Å². The summed E-state index contributed by atoms with van der Waals surface area (Å²) in [5, 5.41) is 12.7. The zero-order valence-corrected chi connectivity index (χ0v) is 21.7. The Labute approximate surface area is 210 Å². The Hall–Kier alpha value is -2.36. The molecule has 0 saturated carbocycles. The number of nitrogens with one attached hydrogen (secondary N) is 1. The molecule has 1 N–H and O–H groups in total. The number of amides is 1. The first-order valence-corrected chi connectivity index (χ1v) is 12.4. The van der Waals surface area contributed by atoms with Crippen molar-refractivity contribution in [2.75, 3.05) is 19.4 Å². The average molecular weight is 552 g/mol. The summed E-state index contributed by atoms with van der Waals surface area (Å²) in [4.78, 5) is 23.9. The highest BCUT2D eigenvalue weighted by molar-refractivity contribution is 9.10. The smallest absolute Gasteiger partial charge is 0.216 e. The molecule has 0 aliphatic heterocycles. The lowest BCUT2D eigenvalue weighted by atomic mass is 10.1. The molecule has 0 unspecified atom stereocenters. The summed E-state index contributed by atoms with van der Waals surface area (Å²) in [7, 11) is 1.58. The van der Waals surface area contributed by atoms with E-state index in [1.165, 1.54) is 18.7 Å². The van der Waals surface area contributed by atoms with Crippen LogP contribution in [0.2, 0.25) is 5.02 Å². The fourth-order valence-electron chi connectivity index (χ4n) is 3.10. The van der Waals surface area contributed by atoms with Crippen LogP contribution in [0.4, 0.5) is 0 Å². The van der Waals surface area contributed by atoms with Crippen LogP contribution in [-0.4, -0.2) is 45.9 Å². The maximum Gasteiger partial charge on any atom is 0.216 e. The van der Waals surface area contributed by atoms with Crippen LogP contribution in [0.1, 0.15) is 35.1 Å². The van der Waals surface area contributed by atoms with E-state index in [2.05, 4.69) is 31.4 Å². The van der Waals surface area contributed by atoms with Crippen molar-refractivity contribution in [3.05, 3.63) is 62.8 Å². The normalized spacial score (nSPS) is 10.8. The standard InChI is InChI=1S/C23H24BrClN4O3S/c1-14-6-8-17(12-19(14)25)29-22(5-4-10-26-15(2)30)27-28-23(29)33-13-20(31)16-7-9-21(32-3)18(24)11-16/h6-9,11-12H,4-5,10,13H2,1-3H3,(H,26,30). The van der Waals surface area contributed by atoms with Gasteiger partial charge in [-0.2, -0.15) is 0 Å². The van der Waals surface area contributed by atoms with E-state index in [0.29, 0.717) is 40.9 Å². The van der Waals surface area contributed by atoms with Crippen LogP contribution in [0.5, 0.6) is 5.75 Å². The Kier molecular flexibility index (Phi) is 8.94. The van der Waals surface area contributed by atoms with Crippen molar-refractivity contribution < 1.29 is 14.3 Å². The van der Waals surface area contributed by atoms with Crippen molar-refractivity contribution >= 4 is 51.0 Å². The van der Waals surface area contributed by atoms with E-state index in [4.69, 9.17) is 16.3 Å². The van der Waals surface area contributed by atoms with Crippen LogP contribution in [0.3, 0.4) is 0 Å². The van der Waals surface area contributed by atoms with Crippen molar-refractivity contribution in [2.45, 2.75) is 31.8 Å². The van der Waals surface area contributed by atoms with Crippen LogP contribution in [0.25, 0.3) is 5.69 Å². The predicted molar refractivity (Wildman–Crippen MR) is 134 cm³/mol. The summed E-state index contributed by atoms with van der Waals surface area (Å²) in [5.41, 5.74) is 2.37. The number of thioether (sulfide) groups is 1. The summed E-state index contributed by atoms with van der Waals surface area (Å²) >= 11 is 11.1. The molecule has 1 amide bonds. The monoisotopic (exact) mass is 550 g/mol. The Morgan fingerprint density at radius 2 is 2.00 bits per heavy atom. The second-order valence-electron chi connectivity index (χ2n) is 7.32. The van der Waals surface area contributed by atoms with Crippen molar-refractivity contribution in [1.29, 1.82) is 0 Å². The number of ether oxygens (including phenoxy) is 1. The van der Waals surface area contributed by atoms with Crippen LogP contribution in [0.15, 0.2) is 46.0 Å². The first kappa shape index (κ1) is 25.3. The molecule has 0 radical (unpaired) electrons. The third-order valence-electron chi connectivity index (χ3n) is 4.87. The fourth-order valence-corrected chi connectivity index (χ4v) is 4.68. The minimum atomic E-state index is -0.0679. The van der Waals surface area contributed by atoms with Gasteiger partial charge in [0.25, 0.3) is 0 Å². The number of carbonyl (C=O) groups excluding carboxylic acids is 2. The molecule has 0 atom stereocenters. The van der Waals surface area contributed by atoms with Crippen molar-refractivity contribution in [3.63, 3.8) is 0 Å². The molecule has 0 saturated heterocycles. The summed E-state index contributed by atoms with van der Waals surface area (Å²) in [6.45, 7) is 3.97.